The molecular formula is C21H26N6O3S. The average molecular weight is 443 g/mol. The standard InChI is InChI=1S/C21H26N6O3S/c1-4-27-20(29)18-17(25-21(27)30)9-14(31-18)11-26-8-7-13(10-26)24-15-5-6-16(19(28)22-3)23-12(15)2/h5-6,9,13,24H,4,7-8,10-11H2,1-3H3,(H,22,28)(H,25,30). The summed E-state index contributed by atoms with van der Waals surface area (Å²) in [6, 6.07) is 5.81. The molecule has 1 aliphatic rings. The smallest absolute Gasteiger partial charge is 0.328 e. The molecule has 1 unspecified atom stereocenters. The molecule has 1 amide bonds. The van der Waals surface area contributed by atoms with Crippen molar-refractivity contribution in [3.8, 4) is 0 Å². The molecule has 3 N–H and O–H groups in total. The number of likely N-dealkylation sites (tertiary alicyclic amines) is 1. The third-order valence-electron chi connectivity index (χ3n) is 5.58. The molecule has 4 heterocycles. The second-order valence-corrected chi connectivity index (χ2v) is 8.85. The van der Waals surface area contributed by atoms with E-state index in [0.29, 0.717) is 22.5 Å². The zero-order valence-electron chi connectivity index (χ0n) is 17.8. The van der Waals surface area contributed by atoms with E-state index in [0.717, 1.165) is 42.3 Å². The number of aryl methyl sites for hydroxylation is 1. The maximum Gasteiger partial charge on any atom is 0.328 e. The van der Waals surface area contributed by atoms with Crippen molar-refractivity contribution >= 4 is 33.1 Å². The number of aromatic amines is 1. The number of hydrogen-bond donors (Lipinski definition) is 3. The molecule has 0 radical (unpaired) electrons. The van der Waals surface area contributed by atoms with Crippen LogP contribution in [0.2, 0.25) is 0 Å². The van der Waals surface area contributed by atoms with Gasteiger partial charge in [-0.2, -0.15) is 0 Å². The number of H-pyrrole nitrogens is 1. The van der Waals surface area contributed by atoms with E-state index >= 15 is 0 Å². The number of nitrogens with zero attached hydrogens (tertiary/aromatic N) is 3. The van der Waals surface area contributed by atoms with Crippen LogP contribution in [-0.2, 0) is 13.1 Å². The lowest BCUT2D eigenvalue weighted by atomic mass is 10.2. The molecule has 3 aromatic heterocycles. The summed E-state index contributed by atoms with van der Waals surface area (Å²) in [5.41, 5.74) is 2.16. The lowest BCUT2D eigenvalue weighted by Gasteiger charge is -2.18. The van der Waals surface area contributed by atoms with Gasteiger partial charge in [-0.15, -0.1) is 11.3 Å². The summed E-state index contributed by atoms with van der Waals surface area (Å²) in [6.45, 7) is 6.57. The lowest BCUT2D eigenvalue weighted by Crippen LogP contribution is -2.33. The molecule has 1 fully saturated rings. The van der Waals surface area contributed by atoms with Gasteiger partial charge in [0.25, 0.3) is 11.5 Å². The summed E-state index contributed by atoms with van der Waals surface area (Å²) in [5.74, 6) is -0.197. The maximum absolute atomic E-state index is 12.5. The van der Waals surface area contributed by atoms with Crippen molar-refractivity contribution in [2.45, 2.75) is 39.4 Å². The highest BCUT2D eigenvalue weighted by Crippen LogP contribution is 2.25. The van der Waals surface area contributed by atoms with Crippen LogP contribution in [0.4, 0.5) is 5.69 Å². The normalized spacial score (nSPS) is 16.7. The Morgan fingerprint density at radius 1 is 1.35 bits per heavy atom. The summed E-state index contributed by atoms with van der Waals surface area (Å²) in [5, 5.41) is 6.12. The second-order valence-electron chi connectivity index (χ2n) is 7.71. The molecule has 0 aliphatic carbocycles. The number of carbonyl (C=O) groups excluding carboxylic acids is 1. The zero-order valence-corrected chi connectivity index (χ0v) is 18.6. The summed E-state index contributed by atoms with van der Waals surface area (Å²) in [6.07, 6.45) is 0.987. The molecular weight excluding hydrogens is 416 g/mol. The molecule has 31 heavy (non-hydrogen) atoms. The molecule has 0 aromatic carbocycles. The van der Waals surface area contributed by atoms with Gasteiger partial charge in [-0.25, -0.2) is 9.78 Å². The lowest BCUT2D eigenvalue weighted by molar-refractivity contribution is 0.0958. The molecule has 0 bridgehead atoms. The first-order valence-corrected chi connectivity index (χ1v) is 11.2. The Bertz CT molecular complexity index is 1240. The zero-order chi connectivity index (χ0) is 22.1. The van der Waals surface area contributed by atoms with Gasteiger partial charge in [0.15, 0.2) is 0 Å². The molecule has 4 rings (SSSR count). The van der Waals surface area contributed by atoms with E-state index in [2.05, 4.69) is 25.5 Å². The van der Waals surface area contributed by atoms with Crippen molar-refractivity contribution in [3.63, 3.8) is 0 Å². The number of aromatic nitrogens is 3. The van der Waals surface area contributed by atoms with Gasteiger partial charge in [-0.05, 0) is 38.5 Å². The molecule has 0 spiro atoms. The van der Waals surface area contributed by atoms with E-state index in [1.54, 1.807) is 20.0 Å². The minimum absolute atomic E-state index is 0.197. The number of fused-ring (bicyclic) bond motifs is 1. The van der Waals surface area contributed by atoms with Crippen LogP contribution in [-0.4, -0.2) is 51.5 Å². The van der Waals surface area contributed by atoms with E-state index in [1.807, 2.05) is 19.1 Å². The number of pyridine rings is 1. The fourth-order valence-corrected chi connectivity index (χ4v) is 5.06. The van der Waals surface area contributed by atoms with Crippen molar-refractivity contribution in [2.24, 2.45) is 0 Å². The molecule has 0 saturated carbocycles. The van der Waals surface area contributed by atoms with Crippen LogP contribution in [0.1, 0.15) is 34.4 Å². The van der Waals surface area contributed by atoms with Gasteiger partial charge >= 0.3 is 5.69 Å². The number of amides is 1. The summed E-state index contributed by atoms with van der Waals surface area (Å²) >= 11 is 1.45. The van der Waals surface area contributed by atoms with E-state index in [9.17, 15) is 14.4 Å². The minimum Gasteiger partial charge on any atom is -0.380 e. The first-order chi connectivity index (χ1) is 14.9. The van der Waals surface area contributed by atoms with Crippen LogP contribution >= 0.6 is 11.3 Å². The maximum atomic E-state index is 12.5. The number of nitrogens with one attached hydrogen (secondary N) is 3. The molecule has 1 saturated heterocycles. The predicted octanol–water partition coefficient (Wildman–Crippen LogP) is 1.52. The Morgan fingerprint density at radius 2 is 2.16 bits per heavy atom. The minimum atomic E-state index is -0.360. The quantitative estimate of drug-likeness (QED) is 0.534. The van der Waals surface area contributed by atoms with E-state index in [4.69, 9.17) is 0 Å². The molecule has 164 valence electrons. The molecule has 1 aliphatic heterocycles. The van der Waals surface area contributed by atoms with Gasteiger partial charge in [0.2, 0.25) is 0 Å². The third-order valence-corrected chi connectivity index (χ3v) is 6.69. The van der Waals surface area contributed by atoms with Gasteiger partial charge in [0.1, 0.15) is 10.4 Å². The summed E-state index contributed by atoms with van der Waals surface area (Å²) < 4.78 is 1.83. The second kappa shape index (κ2) is 8.64. The Morgan fingerprint density at radius 3 is 2.87 bits per heavy atom. The number of carbonyl (C=O) groups is 1. The highest BCUT2D eigenvalue weighted by Gasteiger charge is 2.24. The first-order valence-electron chi connectivity index (χ1n) is 10.3. The molecule has 9 nitrogen and oxygen atoms in total. The summed E-state index contributed by atoms with van der Waals surface area (Å²) in [7, 11) is 1.59. The van der Waals surface area contributed by atoms with Gasteiger partial charge in [0, 0.05) is 44.1 Å². The van der Waals surface area contributed by atoms with Crippen LogP contribution in [0.25, 0.3) is 10.2 Å². The van der Waals surface area contributed by atoms with Gasteiger partial charge in [-0.3, -0.25) is 19.1 Å². The topological polar surface area (TPSA) is 112 Å². The van der Waals surface area contributed by atoms with Crippen LogP contribution in [0, 0.1) is 6.92 Å². The Labute approximate surface area is 183 Å². The number of rotatable bonds is 6. The molecule has 1 atom stereocenters. The first kappa shape index (κ1) is 21.3. The Hall–Kier alpha value is -2.98. The third kappa shape index (κ3) is 4.26. The van der Waals surface area contributed by atoms with E-state index in [1.165, 1.54) is 15.9 Å². The fraction of sp³-hybridized carbons (Fsp3) is 0.429. The van der Waals surface area contributed by atoms with Crippen molar-refractivity contribution in [1.82, 2.24) is 24.8 Å². The summed E-state index contributed by atoms with van der Waals surface area (Å²) in [4.78, 5) is 46.8. The largest absolute Gasteiger partial charge is 0.380 e. The average Bonchev–Trinajstić information content (AvgIpc) is 3.36. The monoisotopic (exact) mass is 442 g/mol. The molecule has 3 aromatic rings. The van der Waals surface area contributed by atoms with Gasteiger partial charge in [-0.1, -0.05) is 0 Å². The van der Waals surface area contributed by atoms with Crippen LogP contribution in [0.15, 0.2) is 27.8 Å². The van der Waals surface area contributed by atoms with Crippen LogP contribution < -0.4 is 21.9 Å². The van der Waals surface area contributed by atoms with Crippen molar-refractivity contribution in [3.05, 3.63) is 55.3 Å². The van der Waals surface area contributed by atoms with Crippen molar-refractivity contribution in [2.75, 3.05) is 25.5 Å². The SMILES string of the molecule is CCn1c(=O)[nH]c2cc(CN3CCC(Nc4ccc(C(=O)NC)nc4C)C3)sc2c1=O. The Balaban J connectivity index is 1.43. The number of hydrogen-bond acceptors (Lipinski definition) is 7. The molecule has 10 heteroatoms. The van der Waals surface area contributed by atoms with Crippen LogP contribution in [0.5, 0.6) is 0 Å². The number of anilines is 1. The van der Waals surface area contributed by atoms with Crippen LogP contribution in [0.3, 0.4) is 0 Å². The highest BCUT2D eigenvalue weighted by atomic mass is 32.1. The highest BCUT2D eigenvalue weighted by molar-refractivity contribution is 7.18. The van der Waals surface area contributed by atoms with Crippen molar-refractivity contribution < 1.29 is 4.79 Å². The van der Waals surface area contributed by atoms with E-state index < -0.39 is 0 Å². The fourth-order valence-electron chi connectivity index (χ4n) is 3.96. The predicted molar refractivity (Wildman–Crippen MR) is 122 cm³/mol. The van der Waals surface area contributed by atoms with Crippen molar-refractivity contribution in [1.29, 1.82) is 0 Å². The van der Waals surface area contributed by atoms with Gasteiger partial charge in [0.05, 0.1) is 16.9 Å². The Kier molecular flexibility index (Phi) is 5.92. The van der Waals surface area contributed by atoms with Gasteiger partial charge < -0.3 is 15.6 Å². The van der Waals surface area contributed by atoms with E-state index in [-0.39, 0.29) is 23.2 Å². The number of thiophene rings is 1.